The first-order valence-electron chi connectivity index (χ1n) is 8.78. The van der Waals surface area contributed by atoms with Gasteiger partial charge >= 0.3 is 5.97 Å². The minimum absolute atomic E-state index is 0.268. The van der Waals surface area contributed by atoms with Crippen LogP contribution in [0.1, 0.15) is 29.5 Å². The van der Waals surface area contributed by atoms with Crippen molar-refractivity contribution in [3.8, 4) is 5.75 Å². The maximum atomic E-state index is 12.1. The Morgan fingerprint density at radius 3 is 2.61 bits per heavy atom. The highest BCUT2D eigenvalue weighted by Gasteiger charge is 2.25. The van der Waals surface area contributed by atoms with Crippen molar-refractivity contribution < 1.29 is 24.2 Å². The Balaban J connectivity index is 1.60. The van der Waals surface area contributed by atoms with E-state index < -0.39 is 11.1 Å². The van der Waals surface area contributed by atoms with Crippen LogP contribution >= 0.6 is 11.8 Å². The Bertz CT molecular complexity index is 924. The summed E-state index contributed by atoms with van der Waals surface area (Å²) in [6.07, 6.45) is 3.27. The van der Waals surface area contributed by atoms with Gasteiger partial charge in [0.25, 0.3) is 11.1 Å². The van der Waals surface area contributed by atoms with E-state index in [2.05, 4.69) is 5.32 Å². The summed E-state index contributed by atoms with van der Waals surface area (Å²) >= 11 is 0.818. The van der Waals surface area contributed by atoms with E-state index >= 15 is 0 Å². The molecular weight excluding hydrogens is 378 g/mol. The lowest BCUT2D eigenvalue weighted by Crippen LogP contribution is -2.17. The van der Waals surface area contributed by atoms with Gasteiger partial charge in [-0.3, -0.25) is 19.7 Å². The Labute approximate surface area is 166 Å². The standard InChI is InChI=1S/C21H19NO5S/c23-13-16-11-15(12-18-20(25)22-21(26)28-18)9-10-17(16)27-19(24)8-4-7-14-5-2-1-3-6-14/h1-3,5-6,9-12,23H,4,7-8,13H2,(H,22,25,26)/b18-12-. The fourth-order valence-electron chi connectivity index (χ4n) is 2.74. The van der Waals surface area contributed by atoms with Gasteiger partial charge in [-0.2, -0.15) is 0 Å². The molecule has 0 radical (unpaired) electrons. The van der Waals surface area contributed by atoms with Crippen LogP contribution in [0.25, 0.3) is 6.08 Å². The van der Waals surface area contributed by atoms with Crippen molar-refractivity contribution in [2.75, 3.05) is 0 Å². The number of rotatable bonds is 7. The fraction of sp³-hybridized carbons (Fsp3) is 0.190. The quantitative estimate of drug-likeness (QED) is 0.422. The molecule has 144 valence electrons. The number of ether oxygens (including phenoxy) is 1. The molecule has 0 saturated carbocycles. The highest BCUT2D eigenvalue weighted by Crippen LogP contribution is 2.28. The summed E-state index contributed by atoms with van der Waals surface area (Å²) in [5, 5.41) is 11.4. The number of thioether (sulfide) groups is 1. The first-order valence-corrected chi connectivity index (χ1v) is 9.60. The molecule has 3 rings (SSSR count). The number of amides is 2. The molecule has 7 heteroatoms. The zero-order valence-corrected chi connectivity index (χ0v) is 15.8. The molecule has 0 aliphatic carbocycles. The van der Waals surface area contributed by atoms with E-state index in [0.717, 1.165) is 23.7 Å². The second-order valence-electron chi connectivity index (χ2n) is 6.19. The van der Waals surface area contributed by atoms with Crippen molar-refractivity contribution in [2.24, 2.45) is 0 Å². The van der Waals surface area contributed by atoms with Gasteiger partial charge in [-0.15, -0.1) is 0 Å². The number of hydrogen-bond donors (Lipinski definition) is 2. The molecule has 1 aliphatic heterocycles. The number of carbonyl (C=O) groups is 3. The van der Waals surface area contributed by atoms with Crippen molar-refractivity contribution in [3.05, 3.63) is 70.1 Å². The highest BCUT2D eigenvalue weighted by atomic mass is 32.2. The number of carbonyl (C=O) groups excluding carboxylic acids is 3. The molecule has 2 aromatic carbocycles. The van der Waals surface area contributed by atoms with Gasteiger partial charge in [-0.1, -0.05) is 36.4 Å². The van der Waals surface area contributed by atoms with E-state index in [0.29, 0.717) is 17.5 Å². The number of nitrogens with one attached hydrogen (secondary N) is 1. The van der Waals surface area contributed by atoms with Crippen molar-refractivity contribution >= 4 is 35.0 Å². The number of aryl methyl sites for hydroxylation is 1. The van der Waals surface area contributed by atoms with Gasteiger partial charge in [0.15, 0.2) is 0 Å². The maximum Gasteiger partial charge on any atom is 0.311 e. The minimum Gasteiger partial charge on any atom is -0.426 e. The van der Waals surface area contributed by atoms with E-state index in [4.69, 9.17) is 4.74 Å². The first kappa shape index (κ1) is 19.9. The van der Waals surface area contributed by atoms with E-state index in [1.165, 1.54) is 0 Å². The van der Waals surface area contributed by atoms with E-state index in [9.17, 15) is 19.5 Å². The van der Waals surface area contributed by atoms with Gasteiger partial charge in [-0.25, -0.2) is 0 Å². The van der Waals surface area contributed by atoms with E-state index in [-0.39, 0.29) is 29.7 Å². The predicted molar refractivity (Wildman–Crippen MR) is 106 cm³/mol. The number of imide groups is 1. The topological polar surface area (TPSA) is 92.7 Å². The molecule has 0 unspecified atom stereocenters. The summed E-state index contributed by atoms with van der Waals surface area (Å²) in [7, 11) is 0. The summed E-state index contributed by atoms with van der Waals surface area (Å²) in [6.45, 7) is -0.318. The average Bonchev–Trinajstić information content (AvgIpc) is 3.00. The number of aliphatic hydroxyl groups excluding tert-OH is 1. The summed E-state index contributed by atoms with van der Waals surface area (Å²) in [6, 6.07) is 14.8. The molecule has 0 atom stereocenters. The predicted octanol–water partition coefficient (Wildman–Crippen LogP) is 3.43. The van der Waals surface area contributed by atoms with Gasteiger partial charge < -0.3 is 9.84 Å². The van der Waals surface area contributed by atoms with Crippen LogP contribution in [0.2, 0.25) is 0 Å². The molecule has 0 aromatic heterocycles. The van der Waals surface area contributed by atoms with Gasteiger partial charge in [0.2, 0.25) is 0 Å². The van der Waals surface area contributed by atoms with E-state index in [1.807, 2.05) is 30.3 Å². The Hall–Kier alpha value is -2.90. The molecule has 1 fully saturated rings. The Morgan fingerprint density at radius 1 is 1.14 bits per heavy atom. The number of esters is 1. The summed E-state index contributed by atoms with van der Waals surface area (Å²) in [5.41, 5.74) is 2.22. The molecular formula is C21H19NO5S. The monoisotopic (exact) mass is 397 g/mol. The van der Waals surface area contributed by atoms with Crippen LogP contribution in [0, 0.1) is 0 Å². The molecule has 1 heterocycles. The third kappa shape index (κ3) is 5.31. The minimum atomic E-state index is -0.450. The second-order valence-corrected chi connectivity index (χ2v) is 7.21. The number of hydrogen-bond acceptors (Lipinski definition) is 6. The average molecular weight is 397 g/mol. The fourth-order valence-corrected chi connectivity index (χ4v) is 3.42. The SMILES string of the molecule is O=C(CCCc1ccccc1)Oc1ccc(/C=C2\SC(=O)NC2=O)cc1CO. The molecule has 2 aromatic rings. The largest absolute Gasteiger partial charge is 0.426 e. The molecule has 6 nitrogen and oxygen atoms in total. The first-order chi connectivity index (χ1) is 13.5. The van der Waals surface area contributed by atoms with Crippen LogP contribution in [-0.4, -0.2) is 22.2 Å². The van der Waals surface area contributed by atoms with Crippen LogP contribution < -0.4 is 10.1 Å². The molecule has 0 spiro atoms. The molecule has 0 bridgehead atoms. The molecule has 2 amide bonds. The zero-order chi connectivity index (χ0) is 19.9. The summed E-state index contributed by atoms with van der Waals surface area (Å²) in [5.74, 6) is -0.531. The van der Waals surface area contributed by atoms with Gasteiger partial charge in [0, 0.05) is 12.0 Å². The van der Waals surface area contributed by atoms with Crippen LogP contribution in [0.5, 0.6) is 5.75 Å². The lowest BCUT2D eigenvalue weighted by molar-refractivity contribution is -0.134. The van der Waals surface area contributed by atoms with Gasteiger partial charge in [0.05, 0.1) is 11.5 Å². The van der Waals surface area contributed by atoms with Crippen LogP contribution in [0.4, 0.5) is 4.79 Å². The second kappa shape index (κ2) is 9.34. The van der Waals surface area contributed by atoms with E-state index in [1.54, 1.807) is 24.3 Å². The smallest absolute Gasteiger partial charge is 0.311 e. The summed E-state index contributed by atoms with van der Waals surface area (Å²) in [4.78, 5) is 35.2. The maximum absolute atomic E-state index is 12.1. The lowest BCUT2D eigenvalue weighted by Gasteiger charge is -2.10. The van der Waals surface area contributed by atoms with Crippen molar-refractivity contribution in [1.82, 2.24) is 5.32 Å². The zero-order valence-electron chi connectivity index (χ0n) is 15.0. The molecule has 2 N–H and O–H groups in total. The number of aliphatic hydroxyl groups is 1. The van der Waals surface area contributed by atoms with Crippen molar-refractivity contribution in [1.29, 1.82) is 0 Å². The van der Waals surface area contributed by atoms with Crippen molar-refractivity contribution in [2.45, 2.75) is 25.9 Å². The highest BCUT2D eigenvalue weighted by molar-refractivity contribution is 8.18. The molecule has 28 heavy (non-hydrogen) atoms. The third-order valence-electron chi connectivity index (χ3n) is 4.11. The van der Waals surface area contributed by atoms with Gasteiger partial charge in [0.1, 0.15) is 5.75 Å². The van der Waals surface area contributed by atoms with Crippen LogP contribution in [0.15, 0.2) is 53.4 Å². The Morgan fingerprint density at radius 2 is 1.93 bits per heavy atom. The van der Waals surface area contributed by atoms with Gasteiger partial charge in [-0.05, 0) is 53.9 Å². The lowest BCUT2D eigenvalue weighted by atomic mass is 10.1. The third-order valence-corrected chi connectivity index (χ3v) is 4.92. The number of benzene rings is 2. The molecule has 1 saturated heterocycles. The van der Waals surface area contributed by atoms with Crippen LogP contribution in [-0.2, 0) is 22.6 Å². The Kier molecular flexibility index (Phi) is 6.62. The normalized spacial score (nSPS) is 15.0. The van der Waals surface area contributed by atoms with Crippen molar-refractivity contribution in [3.63, 3.8) is 0 Å². The van der Waals surface area contributed by atoms with Crippen LogP contribution in [0.3, 0.4) is 0 Å². The molecule has 1 aliphatic rings. The summed E-state index contributed by atoms with van der Waals surface area (Å²) < 4.78 is 5.38.